The van der Waals surface area contributed by atoms with Crippen molar-refractivity contribution in [2.75, 3.05) is 18.4 Å². The van der Waals surface area contributed by atoms with E-state index in [4.69, 9.17) is 4.42 Å². The predicted octanol–water partition coefficient (Wildman–Crippen LogP) is 2.10. The fourth-order valence-corrected chi connectivity index (χ4v) is 2.44. The Balaban J connectivity index is 1.54. The molecule has 136 valence electrons. The van der Waals surface area contributed by atoms with Crippen molar-refractivity contribution in [3.05, 3.63) is 53.5 Å². The van der Waals surface area contributed by atoms with Crippen LogP contribution in [0.25, 0.3) is 0 Å². The van der Waals surface area contributed by atoms with E-state index in [0.717, 1.165) is 18.4 Å². The van der Waals surface area contributed by atoms with Gasteiger partial charge < -0.3 is 20.4 Å². The van der Waals surface area contributed by atoms with E-state index in [-0.39, 0.29) is 29.4 Å². The van der Waals surface area contributed by atoms with Gasteiger partial charge in [-0.3, -0.25) is 14.4 Å². The summed E-state index contributed by atoms with van der Waals surface area (Å²) in [7, 11) is 0. The molecule has 0 spiro atoms. The quantitative estimate of drug-likeness (QED) is 0.662. The number of rotatable bonds is 7. The Morgan fingerprint density at radius 1 is 1.08 bits per heavy atom. The van der Waals surface area contributed by atoms with Gasteiger partial charge in [-0.15, -0.1) is 0 Å². The first kappa shape index (κ1) is 17.7. The average molecular weight is 355 g/mol. The SMILES string of the molecule is Cc1ccc(C(=O)NCCNC(=O)C2CC2)cc1NC(=O)c1ccco1. The molecule has 1 aliphatic carbocycles. The third kappa shape index (κ3) is 4.50. The standard InChI is InChI=1S/C19H21N3O4/c1-12-4-5-14(11-15(12)22-19(25)16-3-2-10-26-16)18(24)21-9-8-20-17(23)13-6-7-13/h2-5,10-11,13H,6-9H2,1H3,(H,20,23)(H,21,24)(H,22,25). The predicted molar refractivity (Wildman–Crippen MR) is 95.9 cm³/mol. The molecule has 7 nitrogen and oxygen atoms in total. The Morgan fingerprint density at radius 2 is 1.85 bits per heavy atom. The van der Waals surface area contributed by atoms with Crippen LogP contribution in [0.4, 0.5) is 5.69 Å². The van der Waals surface area contributed by atoms with Gasteiger partial charge in [0.05, 0.1) is 6.26 Å². The fraction of sp³-hybridized carbons (Fsp3) is 0.316. The van der Waals surface area contributed by atoms with Crippen LogP contribution in [-0.4, -0.2) is 30.8 Å². The Labute approximate surface area is 151 Å². The number of amides is 3. The normalized spacial score (nSPS) is 13.1. The summed E-state index contributed by atoms with van der Waals surface area (Å²) in [6.07, 6.45) is 3.33. The highest BCUT2D eigenvalue weighted by Crippen LogP contribution is 2.28. The number of hydrogen-bond acceptors (Lipinski definition) is 4. The zero-order valence-electron chi connectivity index (χ0n) is 14.5. The Hall–Kier alpha value is -3.09. The van der Waals surface area contributed by atoms with Crippen LogP contribution < -0.4 is 16.0 Å². The third-order valence-electron chi connectivity index (χ3n) is 4.15. The summed E-state index contributed by atoms with van der Waals surface area (Å²) >= 11 is 0. The second-order valence-corrected chi connectivity index (χ2v) is 6.28. The van der Waals surface area contributed by atoms with Crippen LogP contribution in [0.15, 0.2) is 41.0 Å². The number of carbonyl (C=O) groups is 3. The summed E-state index contributed by atoms with van der Waals surface area (Å²) in [6.45, 7) is 2.58. The van der Waals surface area contributed by atoms with Crippen molar-refractivity contribution in [3.8, 4) is 0 Å². The van der Waals surface area contributed by atoms with Crippen LogP contribution in [-0.2, 0) is 4.79 Å². The molecule has 3 rings (SSSR count). The van der Waals surface area contributed by atoms with Gasteiger partial charge in [0.2, 0.25) is 5.91 Å². The highest BCUT2D eigenvalue weighted by atomic mass is 16.3. The van der Waals surface area contributed by atoms with E-state index in [1.807, 2.05) is 6.92 Å². The van der Waals surface area contributed by atoms with Crippen LogP contribution in [0.5, 0.6) is 0 Å². The zero-order valence-corrected chi connectivity index (χ0v) is 14.5. The summed E-state index contributed by atoms with van der Waals surface area (Å²) < 4.78 is 5.07. The molecular formula is C19H21N3O4. The molecule has 7 heteroatoms. The van der Waals surface area contributed by atoms with Gasteiger partial charge in [-0.25, -0.2) is 0 Å². The van der Waals surface area contributed by atoms with Gasteiger partial charge in [-0.2, -0.15) is 0 Å². The van der Waals surface area contributed by atoms with Gasteiger partial charge in [0.25, 0.3) is 11.8 Å². The first-order valence-corrected chi connectivity index (χ1v) is 8.56. The van der Waals surface area contributed by atoms with Gasteiger partial charge in [-0.1, -0.05) is 6.07 Å². The molecule has 0 aliphatic heterocycles. The number of furan rings is 1. The summed E-state index contributed by atoms with van der Waals surface area (Å²) in [5.41, 5.74) is 1.80. The molecule has 0 saturated heterocycles. The van der Waals surface area contributed by atoms with Crippen LogP contribution in [0.1, 0.15) is 39.3 Å². The van der Waals surface area contributed by atoms with E-state index in [0.29, 0.717) is 24.3 Å². The van der Waals surface area contributed by atoms with Gasteiger partial charge >= 0.3 is 0 Å². The average Bonchev–Trinajstić information content (AvgIpc) is 3.34. The van der Waals surface area contributed by atoms with E-state index in [1.54, 1.807) is 30.3 Å². The van der Waals surface area contributed by atoms with Crippen LogP contribution >= 0.6 is 0 Å². The number of aryl methyl sites for hydroxylation is 1. The van der Waals surface area contributed by atoms with Crippen LogP contribution in [0.3, 0.4) is 0 Å². The summed E-state index contributed by atoms with van der Waals surface area (Å²) in [5, 5.41) is 8.29. The second kappa shape index (κ2) is 7.86. The molecule has 0 unspecified atom stereocenters. The van der Waals surface area contributed by atoms with Crippen molar-refractivity contribution in [3.63, 3.8) is 0 Å². The minimum Gasteiger partial charge on any atom is -0.459 e. The first-order valence-electron chi connectivity index (χ1n) is 8.56. The smallest absolute Gasteiger partial charge is 0.291 e. The molecule has 0 bridgehead atoms. The fourth-order valence-electron chi connectivity index (χ4n) is 2.44. The molecule has 1 fully saturated rings. The summed E-state index contributed by atoms with van der Waals surface area (Å²) in [6, 6.07) is 8.27. The molecule has 1 heterocycles. The Kier molecular flexibility index (Phi) is 5.36. The lowest BCUT2D eigenvalue weighted by Crippen LogP contribution is -2.35. The van der Waals surface area contributed by atoms with Gasteiger partial charge in [0, 0.05) is 30.3 Å². The molecule has 1 aliphatic rings. The Morgan fingerprint density at radius 3 is 2.54 bits per heavy atom. The van der Waals surface area contributed by atoms with E-state index >= 15 is 0 Å². The monoisotopic (exact) mass is 355 g/mol. The molecule has 26 heavy (non-hydrogen) atoms. The van der Waals surface area contributed by atoms with E-state index < -0.39 is 0 Å². The van der Waals surface area contributed by atoms with Crippen molar-refractivity contribution >= 4 is 23.4 Å². The highest BCUT2D eigenvalue weighted by molar-refractivity contribution is 6.03. The Bertz CT molecular complexity index is 810. The molecule has 0 radical (unpaired) electrons. The van der Waals surface area contributed by atoms with E-state index in [1.165, 1.54) is 6.26 Å². The first-order chi connectivity index (χ1) is 12.5. The second-order valence-electron chi connectivity index (χ2n) is 6.28. The molecular weight excluding hydrogens is 334 g/mol. The van der Waals surface area contributed by atoms with Crippen molar-refractivity contribution in [2.45, 2.75) is 19.8 Å². The van der Waals surface area contributed by atoms with E-state index in [9.17, 15) is 14.4 Å². The third-order valence-corrected chi connectivity index (χ3v) is 4.15. The number of anilines is 1. The van der Waals surface area contributed by atoms with Crippen molar-refractivity contribution in [1.82, 2.24) is 10.6 Å². The van der Waals surface area contributed by atoms with Crippen LogP contribution in [0, 0.1) is 12.8 Å². The van der Waals surface area contributed by atoms with Gasteiger partial charge in [0.15, 0.2) is 5.76 Å². The minimum absolute atomic E-state index is 0.0532. The number of hydrogen-bond donors (Lipinski definition) is 3. The minimum atomic E-state index is -0.376. The van der Waals surface area contributed by atoms with Crippen LogP contribution in [0.2, 0.25) is 0 Å². The zero-order chi connectivity index (χ0) is 18.5. The maximum Gasteiger partial charge on any atom is 0.291 e. The molecule has 2 aromatic rings. The lowest BCUT2D eigenvalue weighted by Gasteiger charge is -2.11. The molecule has 1 saturated carbocycles. The molecule has 0 atom stereocenters. The number of benzene rings is 1. The number of carbonyl (C=O) groups excluding carboxylic acids is 3. The van der Waals surface area contributed by atoms with Gasteiger partial charge in [0.1, 0.15) is 0 Å². The lowest BCUT2D eigenvalue weighted by molar-refractivity contribution is -0.122. The highest BCUT2D eigenvalue weighted by Gasteiger charge is 2.29. The molecule has 3 N–H and O–H groups in total. The molecule has 3 amide bonds. The van der Waals surface area contributed by atoms with Crippen molar-refractivity contribution in [1.29, 1.82) is 0 Å². The lowest BCUT2D eigenvalue weighted by atomic mass is 10.1. The molecule has 1 aromatic heterocycles. The summed E-state index contributed by atoms with van der Waals surface area (Å²) in [5.74, 6) is -0.232. The van der Waals surface area contributed by atoms with E-state index in [2.05, 4.69) is 16.0 Å². The van der Waals surface area contributed by atoms with Crippen molar-refractivity contribution in [2.24, 2.45) is 5.92 Å². The molecule has 1 aromatic carbocycles. The largest absolute Gasteiger partial charge is 0.459 e. The maximum atomic E-state index is 12.3. The topological polar surface area (TPSA) is 100 Å². The van der Waals surface area contributed by atoms with Crippen molar-refractivity contribution < 1.29 is 18.8 Å². The maximum absolute atomic E-state index is 12.3. The number of nitrogens with one attached hydrogen (secondary N) is 3. The summed E-state index contributed by atoms with van der Waals surface area (Å²) in [4.78, 5) is 35.9. The van der Waals surface area contributed by atoms with Gasteiger partial charge in [-0.05, 0) is 49.6 Å².